The van der Waals surface area contributed by atoms with Gasteiger partial charge in [0.2, 0.25) is 0 Å². The number of benzene rings is 1. The van der Waals surface area contributed by atoms with Crippen LogP contribution < -0.4 is 0 Å². The molecule has 96 valence electrons. The second kappa shape index (κ2) is 4.35. The van der Waals surface area contributed by atoms with E-state index in [-0.39, 0.29) is 11.4 Å². The average molecular weight is 249 g/mol. The molecule has 0 amide bonds. The van der Waals surface area contributed by atoms with Gasteiger partial charge in [0.05, 0.1) is 5.56 Å². The predicted octanol–water partition coefficient (Wildman–Crippen LogP) is 2.51. The largest absolute Gasteiger partial charge is 0.478 e. The molecule has 3 nitrogen and oxygen atoms in total. The second-order valence-corrected chi connectivity index (χ2v) is 5.37. The van der Waals surface area contributed by atoms with Crippen LogP contribution in [-0.2, 0) is 6.54 Å². The van der Waals surface area contributed by atoms with Gasteiger partial charge in [0.25, 0.3) is 0 Å². The first kappa shape index (κ1) is 11.7. The van der Waals surface area contributed by atoms with E-state index in [0.29, 0.717) is 18.2 Å². The van der Waals surface area contributed by atoms with Gasteiger partial charge in [0.15, 0.2) is 0 Å². The summed E-state index contributed by atoms with van der Waals surface area (Å²) in [5.41, 5.74) is 0.665. The Morgan fingerprint density at radius 2 is 2.28 bits per heavy atom. The molecule has 3 rings (SSSR count). The van der Waals surface area contributed by atoms with Crippen molar-refractivity contribution in [3.05, 3.63) is 35.1 Å². The van der Waals surface area contributed by atoms with Crippen LogP contribution in [-0.4, -0.2) is 28.6 Å². The molecule has 1 N–H and O–H groups in total. The zero-order valence-corrected chi connectivity index (χ0v) is 10.1. The number of hydrogen-bond acceptors (Lipinski definition) is 2. The highest BCUT2D eigenvalue weighted by Crippen LogP contribution is 2.38. The third-order valence-electron chi connectivity index (χ3n) is 4.19. The lowest BCUT2D eigenvalue weighted by Crippen LogP contribution is -2.31. The highest BCUT2D eigenvalue weighted by atomic mass is 19.1. The van der Waals surface area contributed by atoms with Crippen molar-refractivity contribution in [2.75, 3.05) is 6.54 Å². The minimum Gasteiger partial charge on any atom is -0.478 e. The van der Waals surface area contributed by atoms with Crippen LogP contribution in [0, 0.1) is 11.7 Å². The van der Waals surface area contributed by atoms with Gasteiger partial charge in [-0.2, -0.15) is 0 Å². The van der Waals surface area contributed by atoms with E-state index in [4.69, 9.17) is 5.11 Å². The molecule has 1 aromatic carbocycles. The van der Waals surface area contributed by atoms with Gasteiger partial charge in [-0.05, 0) is 43.4 Å². The monoisotopic (exact) mass is 249 g/mol. The Balaban J connectivity index is 1.79. The number of carboxylic acids is 1. The van der Waals surface area contributed by atoms with E-state index in [1.807, 2.05) is 0 Å². The lowest BCUT2D eigenvalue weighted by molar-refractivity contribution is 0.0696. The lowest BCUT2D eigenvalue weighted by atomic mass is 10.1. The standard InChI is InChI=1S/C14H16FNO2/c15-13-4-2-10(14(17)18)6-11(13)8-16-7-9-1-3-12(16)5-9/h2,4,6,9,12H,1,3,5,7-8H2,(H,17,18). The van der Waals surface area contributed by atoms with Crippen molar-refractivity contribution < 1.29 is 14.3 Å². The first-order valence-corrected chi connectivity index (χ1v) is 6.39. The smallest absolute Gasteiger partial charge is 0.335 e. The maximum Gasteiger partial charge on any atom is 0.335 e. The Hall–Kier alpha value is -1.42. The Morgan fingerprint density at radius 1 is 1.44 bits per heavy atom. The Morgan fingerprint density at radius 3 is 2.89 bits per heavy atom. The highest BCUT2D eigenvalue weighted by Gasteiger charge is 2.37. The molecule has 1 heterocycles. The molecule has 0 radical (unpaired) electrons. The zero-order valence-electron chi connectivity index (χ0n) is 10.1. The van der Waals surface area contributed by atoms with Crippen molar-refractivity contribution >= 4 is 5.97 Å². The van der Waals surface area contributed by atoms with Gasteiger partial charge in [-0.25, -0.2) is 9.18 Å². The summed E-state index contributed by atoms with van der Waals surface area (Å²) in [6, 6.07) is 4.61. The van der Waals surface area contributed by atoms with Gasteiger partial charge < -0.3 is 5.11 Å². The summed E-state index contributed by atoms with van der Waals surface area (Å²) in [5, 5.41) is 8.93. The molecule has 2 aliphatic rings. The topological polar surface area (TPSA) is 40.5 Å². The number of likely N-dealkylation sites (tertiary alicyclic amines) is 1. The SMILES string of the molecule is O=C(O)c1ccc(F)c(CN2CC3CCC2C3)c1. The fraction of sp³-hybridized carbons (Fsp3) is 0.500. The number of piperidine rings is 1. The summed E-state index contributed by atoms with van der Waals surface area (Å²) in [5.74, 6) is -0.539. The molecular formula is C14H16FNO2. The molecule has 1 saturated heterocycles. The number of halogens is 1. The third kappa shape index (κ3) is 2.01. The molecule has 2 bridgehead atoms. The van der Waals surface area contributed by atoms with E-state index >= 15 is 0 Å². The Labute approximate surface area is 105 Å². The van der Waals surface area contributed by atoms with Crippen molar-refractivity contribution in [2.24, 2.45) is 5.92 Å². The zero-order chi connectivity index (χ0) is 12.7. The van der Waals surface area contributed by atoms with Crippen LogP contribution >= 0.6 is 0 Å². The minimum atomic E-state index is -1.00. The van der Waals surface area contributed by atoms with Crippen molar-refractivity contribution in [1.29, 1.82) is 0 Å². The number of rotatable bonds is 3. The van der Waals surface area contributed by atoms with Crippen LogP contribution in [0.4, 0.5) is 4.39 Å². The molecule has 4 heteroatoms. The van der Waals surface area contributed by atoms with Crippen LogP contribution in [0.2, 0.25) is 0 Å². The number of hydrogen-bond donors (Lipinski definition) is 1. The number of nitrogens with zero attached hydrogens (tertiary/aromatic N) is 1. The van der Waals surface area contributed by atoms with Crippen LogP contribution in [0.1, 0.15) is 35.2 Å². The van der Waals surface area contributed by atoms with E-state index in [9.17, 15) is 9.18 Å². The van der Waals surface area contributed by atoms with E-state index < -0.39 is 5.97 Å². The number of aromatic carboxylic acids is 1. The number of carboxylic acid groups (broad SMARTS) is 1. The van der Waals surface area contributed by atoms with Gasteiger partial charge in [0.1, 0.15) is 5.82 Å². The summed E-state index contributed by atoms with van der Waals surface area (Å²) < 4.78 is 13.7. The molecule has 0 aromatic heterocycles. The predicted molar refractivity (Wildman–Crippen MR) is 64.9 cm³/mol. The average Bonchev–Trinajstić information content (AvgIpc) is 2.93. The summed E-state index contributed by atoms with van der Waals surface area (Å²) >= 11 is 0. The molecule has 1 aliphatic heterocycles. The highest BCUT2D eigenvalue weighted by molar-refractivity contribution is 5.87. The summed E-state index contributed by atoms with van der Waals surface area (Å²) in [4.78, 5) is 13.2. The molecule has 1 aliphatic carbocycles. The normalized spacial score (nSPS) is 26.7. The Bertz CT molecular complexity index is 489. The van der Waals surface area contributed by atoms with E-state index in [1.54, 1.807) is 0 Å². The van der Waals surface area contributed by atoms with Crippen LogP contribution in [0.5, 0.6) is 0 Å². The lowest BCUT2D eigenvalue weighted by Gasteiger charge is -2.26. The summed E-state index contributed by atoms with van der Waals surface area (Å²) in [6.07, 6.45) is 3.71. The van der Waals surface area contributed by atoms with Crippen LogP contribution in [0.25, 0.3) is 0 Å². The van der Waals surface area contributed by atoms with Gasteiger partial charge in [-0.15, -0.1) is 0 Å². The van der Waals surface area contributed by atoms with E-state index in [1.165, 1.54) is 37.5 Å². The van der Waals surface area contributed by atoms with Gasteiger partial charge >= 0.3 is 5.97 Å². The van der Waals surface area contributed by atoms with Gasteiger partial charge in [-0.1, -0.05) is 0 Å². The molecule has 18 heavy (non-hydrogen) atoms. The molecule has 1 saturated carbocycles. The molecule has 1 aromatic rings. The van der Waals surface area contributed by atoms with Gasteiger partial charge in [0, 0.05) is 24.7 Å². The third-order valence-corrected chi connectivity index (χ3v) is 4.19. The summed E-state index contributed by atoms with van der Waals surface area (Å²) in [7, 11) is 0. The van der Waals surface area contributed by atoms with Crippen molar-refractivity contribution in [3.8, 4) is 0 Å². The molecular weight excluding hydrogens is 233 g/mol. The van der Waals surface area contributed by atoms with Crippen LogP contribution in [0.3, 0.4) is 0 Å². The maximum absolute atomic E-state index is 13.7. The van der Waals surface area contributed by atoms with Crippen molar-refractivity contribution in [1.82, 2.24) is 4.90 Å². The first-order valence-electron chi connectivity index (χ1n) is 6.39. The second-order valence-electron chi connectivity index (χ2n) is 5.37. The quantitative estimate of drug-likeness (QED) is 0.894. The van der Waals surface area contributed by atoms with E-state index in [2.05, 4.69) is 4.90 Å². The van der Waals surface area contributed by atoms with Gasteiger partial charge in [-0.3, -0.25) is 4.90 Å². The summed E-state index contributed by atoms with van der Waals surface area (Å²) in [6.45, 7) is 1.57. The molecule has 2 unspecified atom stereocenters. The van der Waals surface area contributed by atoms with E-state index in [0.717, 1.165) is 12.5 Å². The fourth-order valence-corrected chi connectivity index (χ4v) is 3.27. The first-order chi connectivity index (χ1) is 8.63. The maximum atomic E-state index is 13.7. The van der Waals surface area contributed by atoms with Crippen molar-refractivity contribution in [2.45, 2.75) is 31.8 Å². The van der Waals surface area contributed by atoms with Crippen molar-refractivity contribution in [3.63, 3.8) is 0 Å². The molecule has 0 spiro atoms. The fourth-order valence-electron chi connectivity index (χ4n) is 3.27. The van der Waals surface area contributed by atoms with Crippen LogP contribution in [0.15, 0.2) is 18.2 Å². The minimum absolute atomic E-state index is 0.163. The number of carbonyl (C=O) groups is 1. The number of fused-ring (bicyclic) bond motifs is 2. The Kier molecular flexibility index (Phi) is 2.82. The molecule has 2 fully saturated rings. The molecule has 2 atom stereocenters.